The lowest BCUT2D eigenvalue weighted by molar-refractivity contribution is -0.115. The minimum absolute atomic E-state index is 0.0225. The molecule has 11 heteroatoms. The van der Waals surface area contributed by atoms with Crippen molar-refractivity contribution >= 4 is 34.4 Å². The van der Waals surface area contributed by atoms with Crippen LogP contribution in [0.15, 0.2) is 56.9 Å². The molecular weight excluding hydrogens is 413 g/mol. The van der Waals surface area contributed by atoms with Gasteiger partial charge in [0, 0.05) is 5.69 Å². The van der Waals surface area contributed by atoms with E-state index >= 15 is 0 Å². The maximum absolute atomic E-state index is 12.9. The highest BCUT2D eigenvalue weighted by molar-refractivity contribution is 8.00. The first-order chi connectivity index (χ1) is 14.5. The fraction of sp³-hybridized carbons (Fsp3) is 0.158. The van der Waals surface area contributed by atoms with E-state index < -0.39 is 5.25 Å². The number of hydrogen-bond acceptors (Lipinski definition) is 7. The van der Waals surface area contributed by atoms with Gasteiger partial charge in [-0.25, -0.2) is 9.18 Å². The number of imidazole rings is 1. The molecule has 4 aromatic rings. The Morgan fingerprint density at radius 2 is 1.97 bits per heavy atom. The Balaban J connectivity index is 1.32. The van der Waals surface area contributed by atoms with Crippen LogP contribution >= 0.6 is 11.8 Å². The van der Waals surface area contributed by atoms with Gasteiger partial charge in [-0.2, -0.15) is 0 Å². The zero-order valence-corrected chi connectivity index (χ0v) is 16.5. The molecule has 0 saturated carbocycles. The van der Waals surface area contributed by atoms with Crippen LogP contribution in [0.5, 0.6) is 5.75 Å². The molecule has 0 fully saturated rings. The van der Waals surface area contributed by atoms with Gasteiger partial charge in [-0.1, -0.05) is 11.8 Å². The molecule has 30 heavy (non-hydrogen) atoms. The van der Waals surface area contributed by atoms with E-state index in [0.717, 1.165) is 11.8 Å². The van der Waals surface area contributed by atoms with Crippen molar-refractivity contribution in [1.29, 1.82) is 0 Å². The Kier molecular flexibility index (Phi) is 5.53. The number of nitrogens with zero attached hydrogens (tertiary/aromatic N) is 2. The molecule has 2 heterocycles. The molecule has 0 bridgehead atoms. The van der Waals surface area contributed by atoms with E-state index in [4.69, 9.17) is 9.15 Å². The van der Waals surface area contributed by atoms with Crippen molar-refractivity contribution in [2.75, 3.05) is 5.32 Å². The molecule has 2 aromatic heterocycles. The van der Waals surface area contributed by atoms with Crippen molar-refractivity contribution < 1.29 is 18.3 Å². The Morgan fingerprint density at radius 1 is 1.20 bits per heavy atom. The van der Waals surface area contributed by atoms with Crippen molar-refractivity contribution in [3.8, 4) is 5.75 Å². The van der Waals surface area contributed by atoms with Gasteiger partial charge in [-0.05, 0) is 49.4 Å². The summed E-state index contributed by atoms with van der Waals surface area (Å²) in [7, 11) is 0. The second-order valence-electron chi connectivity index (χ2n) is 6.29. The van der Waals surface area contributed by atoms with E-state index in [2.05, 4.69) is 25.5 Å². The summed E-state index contributed by atoms with van der Waals surface area (Å²) < 4.78 is 23.8. The van der Waals surface area contributed by atoms with E-state index in [-0.39, 0.29) is 35.1 Å². The number of anilines is 1. The van der Waals surface area contributed by atoms with Gasteiger partial charge >= 0.3 is 5.69 Å². The fourth-order valence-electron chi connectivity index (χ4n) is 2.58. The molecule has 0 aliphatic carbocycles. The molecule has 0 unspecified atom stereocenters. The molecule has 0 aliphatic rings. The Labute approximate surface area is 173 Å². The molecule has 9 nitrogen and oxygen atoms in total. The number of ether oxygens (including phenoxy) is 1. The largest absolute Gasteiger partial charge is 0.484 e. The van der Waals surface area contributed by atoms with Crippen LogP contribution in [-0.4, -0.2) is 31.3 Å². The van der Waals surface area contributed by atoms with Crippen molar-refractivity contribution in [2.24, 2.45) is 0 Å². The molecule has 0 radical (unpaired) electrons. The average Bonchev–Trinajstić information content (AvgIpc) is 3.32. The lowest BCUT2D eigenvalue weighted by Gasteiger charge is -2.09. The summed E-state index contributed by atoms with van der Waals surface area (Å²) in [5.41, 5.74) is 1.49. The van der Waals surface area contributed by atoms with Gasteiger partial charge in [-0.15, -0.1) is 10.2 Å². The summed E-state index contributed by atoms with van der Waals surface area (Å²) in [4.78, 5) is 29.1. The number of hydrogen-bond donors (Lipinski definition) is 3. The van der Waals surface area contributed by atoms with Crippen LogP contribution in [0.2, 0.25) is 0 Å². The molecule has 0 aliphatic heterocycles. The monoisotopic (exact) mass is 429 g/mol. The van der Waals surface area contributed by atoms with Gasteiger partial charge in [0.15, 0.2) is 6.61 Å². The lowest BCUT2D eigenvalue weighted by atomic mass is 10.2. The number of aromatic nitrogens is 4. The summed E-state index contributed by atoms with van der Waals surface area (Å²) in [6.45, 7) is 1.73. The van der Waals surface area contributed by atoms with Crippen LogP contribution in [-0.2, 0) is 11.4 Å². The summed E-state index contributed by atoms with van der Waals surface area (Å²) >= 11 is 1.10. The van der Waals surface area contributed by atoms with Crippen LogP contribution < -0.4 is 15.7 Å². The number of benzene rings is 2. The molecule has 2 aromatic carbocycles. The van der Waals surface area contributed by atoms with Gasteiger partial charge in [0.05, 0.1) is 16.3 Å². The number of H-pyrrole nitrogens is 2. The third-order valence-corrected chi connectivity index (χ3v) is 4.99. The first kappa shape index (κ1) is 19.7. The van der Waals surface area contributed by atoms with Crippen LogP contribution in [0.1, 0.15) is 12.8 Å². The Hall–Kier alpha value is -3.60. The van der Waals surface area contributed by atoms with Crippen molar-refractivity contribution in [1.82, 2.24) is 20.2 Å². The molecule has 1 atom stereocenters. The zero-order valence-electron chi connectivity index (χ0n) is 15.6. The first-order valence-corrected chi connectivity index (χ1v) is 9.74. The normalized spacial score (nSPS) is 12.1. The highest BCUT2D eigenvalue weighted by Gasteiger charge is 2.19. The van der Waals surface area contributed by atoms with Gasteiger partial charge in [-0.3, -0.25) is 4.79 Å². The van der Waals surface area contributed by atoms with Crippen LogP contribution in [0.3, 0.4) is 0 Å². The number of aromatic amines is 2. The Morgan fingerprint density at radius 3 is 2.77 bits per heavy atom. The third kappa shape index (κ3) is 4.69. The zero-order chi connectivity index (χ0) is 21.1. The molecular formula is C19H16FN5O4S. The van der Waals surface area contributed by atoms with Crippen LogP contribution in [0.25, 0.3) is 11.0 Å². The predicted octanol–water partition coefficient (Wildman–Crippen LogP) is 3.08. The Bertz CT molecular complexity index is 1230. The SMILES string of the molecule is C[C@H](Sc1nnc(COc2ccc(F)cc2)o1)C(=O)Nc1ccc2[nH]c(=O)[nH]c2c1. The van der Waals surface area contributed by atoms with E-state index in [1.165, 1.54) is 24.3 Å². The highest BCUT2D eigenvalue weighted by Crippen LogP contribution is 2.24. The van der Waals surface area contributed by atoms with Gasteiger partial charge in [0.25, 0.3) is 11.1 Å². The summed E-state index contributed by atoms with van der Waals surface area (Å²) in [6.07, 6.45) is 0. The molecule has 0 spiro atoms. The van der Waals surface area contributed by atoms with Crippen molar-refractivity contribution in [2.45, 2.75) is 24.0 Å². The molecule has 0 saturated heterocycles. The van der Waals surface area contributed by atoms with Gasteiger partial charge < -0.3 is 24.4 Å². The summed E-state index contributed by atoms with van der Waals surface area (Å²) in [6, 6.07) is 10.6. The van der Waals surface area contributed by atoms with E-state index in [1.807, 2.05) is 0 Å². The average molecular weight is 429 g/mol. The number of halogens is 1. The summed E-state index contributed by atoms with van der Waals surface area (Å²) in [5.74, 6) is 0.0838. The van der Waals surface area contributed by atoms with E-state index in [0.29, 0.717) is 22.5 Å². The number of thioether (sulfide) groups is 1. The first-order valence-electron chi connectivity index (χ1n) is 8.86. The second-order valence-corrected chi connectivity index (χ2v) is 7.59. The minimum atomic E-state index is -0.516. The van der Waals surface area contributed by atoms with Crippen molar-refractivity contribution in [3.05, 3.63) is 64.7 Å². The fourth-order valence-corrected chi connectivity index (χ4v) is 3.28. The number of rotatable bonds is 7. The highest BCUT2D eigenvalue weighted by atomic mass is 32.2. The van der Waals surface area contributed by atoms with E-state index in [1.54, 1.807) is 25.1 Å². The summed E-state index contributed by atoms with van der Waals surface area (Å²) in [5, 5.41) is 10.3. The minimum Gasteiger partial charge on any atom is -0.484 e. The molecule has 154 valence electrons. The van der Waals surface area contributed by atoms with E-state index in [9.17, 15) is 14.0 Å². The van der Waals surface area contributed by atoms with Crippen molar-refractivity contribution in [3.63, 3.8) is 0 Å². The second kappa shape index (κ2) is 8.41. The number of fused-ring (bicyclic) bond motifs is 1. The number of carbonyl (C=O) groups excluding carboxylic acids is 1. The smallest absolute Gasteiger partial charge is 0.323 e. The standard InChI is InChI=1S/C19H16FN5O4S/c1-10(17(26)21-12-4-7-14-15(8-12)23-18(27)22-14)30-19-25-24-16(29-19)9-28-13-5-2-11(20)3-6-13/h2-8,10H,9H2,1H3,(H,21,26)(H2,22,23,27)/t10-/m0/s1. The number of carbonyl (C=O) groups is 1. The maximum atomic E-state index is 12.9. The van der Waals surface area contributed by atoms with Gasteiger partial charge in [0.2, 0.25) is 5.91 Å². The van der Waals surface area contributed by atoms with Gasteiger partial charge in [0.1, 0.15) is 11.6 Å². The lowest BCUT2D eigenvalue weighted by Crippen LogP contribution is -2.22. The topological polar surface area (TPSA) is 126 Å². The molecule has 1 amide bonds. The van der Waals surface area contributed by atoms with Crippen LogP contribution in [0.4, 0.5) is 10.1 Å². The molecule has 3 N–H and O–H groups in total. The maximum Gasteiger partial charge on any atom is 0.323 e. The van der Waals surface area contributed by atoms with Crippen LogP contribution in [0, 0.1) is 5.82 Å². The third-order valence-electron chi connectivity index (χ3n) is 4.05. The molecule has 4 rings (SSSR count). The predicted molar refractivity (Wildman–Crippen MR) is 108 cm³/mol. The quantitative estimate of drug-likeness (QED) is 0.385. The number of nitrogens with one attached hydrogen (secondary N) is 3. The number of amides is 1.